The molecule has 0 amide bonds. The van der Waals surface area contributed by atoms with Crippen LogP contribution in [0.5, 0.6) is 0 Å². The van der Waals surface area contributed by atoms with Crippen molar-refractivity contribution in [1.82, 2.24) is 9.13 Å². The van der Waals surface area contributed by atoms with Gasteiger partial charge in [-0.1, -0.05) is 378 Å². The normalized spacial score (nSPS) is 13.6. The SMILES string of the molecule is [2H]c1c(-c2ccccc2)c(N2c3cc(-n4c5ccccc5c5c([2H])c(-c6ccccc6)c([2H])c([2H])c54)ccc3B3c4ccc(-n5c6ccccc6c6c([2H])c(-c7ccccc7)c([2H])c([2H])c65)cc4N(c4c(-c5ccccc5)c([2H])c(C(C)(C)C)c([2H])c4-c4cccc(-c5cccc(-c6ccccc6)c5)c4)c4cc(C(C)(C)C)cc2c43)c(-c2cccc(-c3cccc(-c4ccccc4)c3)c2)c([2H])c1C(C)(C)C. The van der Waals surface area contributed by atoms with E-state index in [0.29, 0.717) is 134 Å². The number of hydrogen-bond acceptors (Lipinski definition) is 2. The lowest BCUT2D eigenvalue weighted by atomic mass is 9.33. The minimum Gasteiger partial charge on any atom is -0.310 e. The maximum Gasteiger partial charge on any atom is 0.252 e. The molecule has 0 unspecified atom stereocenters. The van der Waals surface area contributed by atoms with Crippen LogP contribution in [0.4, 0.5) is 34.1 Å². The molecule has 2 aliphatic heterocycles. The topological polar surface area (TPSA) is 16.3 Å². The number of rotatable bonds is 14. The molecule has 4 nitrogen and oxygen atoms in total. The highest BCUT2D eigenvalue weighted by atomic mass is 15.2. The number of aromatic nitrogens is 2. The molecule has 19 aromatic carbocycles. The number of benzene rings is 19. The first-order chi connectivity index (χ1) is 68.1. The van der Waals surface area contributed by atoms with Crippen molar-refractivity contribution in [1.29, 1.82) is 0 Å². The summed E-state index contributed by atoms with van der Waals surface area (Å²) < 4.78 is 112. The zero-order chi connectivity index (χ0) is 97.2. The molecule has 21 aromatic rings. The Morgan fingerprint density at radius 2 is 0.496 bits per heavy atom. The molecule has 626 valence electrons. The Balaban J connectivity index is 0.907. The smallest absolute Gasteiger partial charge is 0.252 e. The van der Waals surface area contributed by atoms with Crippen molar-refractivity contribution in [2.75, 3.05) is 9.80 Å². The average Bonchev–Trinajstić information content (AvgIpc) is 1.28. The summed E-state index contributed by atoms with van der Waals surface area (Å²) in [6.45, 7) is 18.5. The average molecular weight is 1690 g/mol. The number of nitrogens with zero attached hydrogens (tertiary/aromatic N) is 4. The highest BCUT2D eigenvalue weighted by molar-refractivity contribution is 7.00. The second kappa shape index (κ2) is 31.7. The molecular weight excluding hydrogens is 1580 g/mol. The minimum absolute atomic E-state index is 0.0541. The molecule has 2 aromatic heterocycles. The largest absolute Gasteiger partial charge is 0.310 e. The first-order valence-electron chi connectivity index (χ1n) is 50.3. The molecular formula is C126H99BN4. The zero-order valence-electron chi connectivity index (χ0n) is 84.7. The summed E-state index contributed by atoms with van der Waals surface area (Å²) in [5.41, 5.74) is 24.7. The van der Waals surface area contributed by atoms with Crippen LogP contribution in [-0.4, -0.2) is 15.8 Å². The third kappa shape index (κ3) is 14.1. The Morgan fingerprint density at radius 1 is 0.214 bits per heavy atom. The van der Waals surface area contributed by atoms with Gasteiger partial charge in [-0.05, 0) is 259 Å². The van der Waals surface area contributed by atoms with E-state index in [1.54, 1.807) is 0 Å². The van der Waals surface area contributed by atoms with Gasteiger partial charge in [0.1, 0.15) is 0 Å². The second-order valence-corrected chi connectivity index (χ2v) is 37.9. The fourth-order valence-electron chi connectivity index (χ4n) is 19.7. The summed E-state index contributed by atoms with van der Waals surface area (Å²) in [6.07, 6.45) is 0. The summed E-state index contributed by atoms with van der Waals surface area (Å²) in [5, 5.41) is 2.51. The van der Waals surface area contributed by atoms with E-state index in [1.807, 2.05) is 158 Å². The minimum atomic E-state index is -0.799. The maximum atomic E-state index is 11.6. The molecule has 0 atom stereocenters. The first-order valence-corrected chi connectivity index (χ1v) is 45.3. The lowest BCUT2D eigenvalue weighted by Crippen LogP contribution is -2.61. The fourth-order valence-corrected chi connectivity index (χ4v) is 19.7. The van der Waals surface area contributed by atoms with E-state index in [2.05, 4.69) is 300 Å². The van der Waals surface area contributed by atoms with Crippen molar-refractivity contribution in [2.24, 2.45) is 0 Å². The molecule has 0 radical (unpaired) electrons. The monoisotopic (exact) mass is 1690 g/mol. The van der Waals surface area contributed by atoms with Gasteiger partial charge in [-0.3, -0.25) is 0 Å². The molecule has 0 aliphatic carbocycles. The van der Waals surface area contributed by atoms with Gasteiger partial charge >= 0.3 is 0 Å². The van der Waals surface area contributed by atoms with E-state index in [-0.39, 0.29) is 60.4 Å². The van der Waals surface area contributed by atoms with Crippen LogP contribution in [0.1, 0.15) is 92.7 Å². The highest BCUT2D eigenvalue weighted by Crippen LogP contribution is 2.57. The summed E-state index contributed by atoms with van der Waals surface area (Å²) in [6, 6.07) is 129. The number of anilines is 6. The summed E-state index contributed by atoms with van der Waals surface area (Å²) >= 11 is 0. The molecule has 23 rings (SSSR count). The fraction of sp³-hybridized carbons (Fsp3) is 0.0952. The van der Waals surface area contributed by atoms with Crippen molar-refractivity contribution in [3.05, 3.63) is 453 Å². The zero-order valence-corrected chi connectivity index (χ0v) is 74.7. The van der Waals surface area contributed by atoms with Crippen molar-refractivity contribution in [3.8, 4) is 123 Å². The van der Waals surface area contributed by atoms with Crippen LogP contribution in [0.25, 0.3) is 166 Å². The maximum absolute atomic E-state index is 11.6. The molecule has 0 fully saturated rings. The van der Waals surface area contributed by atoms with Crippen LogP contribution < -0.4 is 26.2 Å². The van der Waals surface area contributed by atoms with Crippen molar-refractivity contribution < 1.29 is 13.7 Å². The van der Waals surface area contributed by atoms with Gasteiger partial charge in [-0.25, -0.2) is 0 Å². The Morgan fingerprint density at radius 3 is 0.840 bits per heavy atom. The van der Waals surface area contributed by atoms with Crippen LogP contribution in [0.3, 0.4) is 0 Å². The Hall–Kier alpha value is -15.6. The first kappa shape index (κ1) is 69.6. The Bertz CT molecular complexity index is 8220. The van der Waals surface area contributed by atoms with Crippen LogP contribution in [-0.2, 0) is 16.2 Å². The lowest BCUT2D eigenvalue weighted by Gasteiger charge is -2.47. The van der Waals surface area contributed by atoms with Crippen LogP contribution in [0.2, 0.25) is 0 Å². The summed E-state index contributed by atoms with van der Waals surface area (Å²) in [7, 11) is 0. The van der Waals surface area contributed by atoms with Crippen molar-refractivity contribution in [3.63, 3.8) is 0 Å². The van der Waals surface area contributed by atoms with E-state index < -0.39 is 23.0 Å². The van der Waals surface area contributed by atoms with E-state index in [1.165, 1.54) is 0 Å². The summed E-state index contributed by atoms with van der Waals surface area (Å²) in [4.78, 5) is 4.71. The third-order valence-corrected chi connectivity index (χ3v) is 26.3. The van der Waals surface area contributed by atoms with Gasteiger partial charge in [0.25, 0.3) is 6.71 Å². The van der Waals surface area contributed by atoms with Crippen LogP contribution in [0, 0.1) is 0 Å². The van der Waals surface area contributed by atoms with Gasteiger partial charge in [0.15, 0.2) is 0 Å². The Labute approximate surface area is 783 Å². The number of fused-ring (bicyclic) bond motifs is 10. The second-order valence-electron chi connectivity index (χ2n) is 37.9. The van der Waals surface area contributed by atoms with E-state index in [0.717, 1.165) is 99.5 Å². The predicted octanol–water partition coefficient (Wildman–Crippen LogP) is 32.5. The molecule has 5 heteroatoms. The van der Waals surface area contributed by atoms with Gasteiger partial charge in [0.05, 0.1) is 47.1 Å². The number of hydrogen-bond donors (Lipinski definition) is 0. The molecule has 131 heavy (non-hydrogen) atoms. The van der Waals surface area contributed by atoms with Gasteiger partial charge < -0.3 is 18.9 Å². The van der Waals surface area contributed by atoms with Crippen molar-refractivity contribution in [2.45, 2.75) is 78.6 Å². The van der Waals surface area contributed by atoms with Gasteiger partial charge in [-0.2, -0.15) is 0 Å². The molecule has 0 saturated carbocycles. The molecule has 0 spiro atoms. The highest BCUT2D eigenvalue weighted by Gasteiger charge is 2.47. The van der Waals surface area contributed by atoms with Crippen molar-refractivity contribution >= 4 is 101 Å². The van der Waals surface area contributed by atoms with Crippen LogP contribution in [0.15, 0.2) is 437 Å². The molecule has 4 heterocycles. The molecule has 0 saturated heterocycles. The van der Waals surface area contributed by atoms with Gasteiger partial charge in [0, 0.05) is 77.9 Å². The van der Waals surface area contributed by atoms with E-state index in [9.17, 15) is 13.7 Å². The standard InChI is InChI=1S/C126H99BN4/c1-124(2,3)98-74-105(86-44-24-14-25-45-86)122(107(76-98)96-54-34-52-92(70-96)90-50-32-48-88(68-90)82-36-16-10-17-37-82)130-117-80-101(128-113-58-30-28-56-103(113)109-72-94(60-66-115(109)128)84-40-20-12-21-41-84)62-64-111(117)127-112-65-63-102(129-114-59-31-29-57-104(114)110-73-95(61-67-116(110)129)85-42-22-13-23-43-85)81-118(112)131(120-79-100(126(7,8)9)78-119(130)121(120)127)123-106(87-46-26-15-27-47-87)75-99(125(4,5)6)77-108(123)97-55-35-53-93(71-97)91-51-33-49-89(69-91)83-38-18-11-19-39-83/h10-81H,1-9H3/i60D,61D,66D,67D,72D,73D,74D,75D,76D,77D. The third-order valence-electron chi connectivity index (χ3n) is 26.3. The van der Waals surface area contributed by atoms with Crippen LogP contribution >= 0.6 is 0 Å². The van der Waals surface area contributed by atoms with Gasteiger partial charge in [0.2, 0.25) is 0 Å². The Kier molecular flexibility index (Phi) is 16.8. The molecule has 0 N–H and O–H groups in total. The summed E-state index contributed by atoms with van der Waals surface area (Å²) in [5.74, 6) is 0. The molecule has 0 bridgehead atoms. The quantitative estimate of drug-likeness (QED) is 0.101. The van der Waals surface area contributed by atoms with E-state index >= 15 is 0 Å². The predicted molar refractivity (Wildman–Crippen MR) is 560 cm³/mol. The van der Waals surface area contributed by atoms with E-state index in [4.69, 9.17) is 0 Å². The molecule has 2 aliphatic rings. The number of para-hydroxylation sites is 2. The lowest BCUT2D eigenvalue weighted by molar-refractivity contribution is 0.590. The van der Waals surface area contributed by atoms with Gasteiger partial charge in [-0.15, -0.1) is 0 Å².